The van der Waals surface area contributed by atoms with E-state index in [4.69, 9.17) is 9.26 Å². The van der Waals surface area contributed by atoms with E-state index < -0.39 is 0 Å². The van der Waals surface area contributed by atoms with Crippen LogP contribution in [0, 0.1) is 0 Å². The highest BCUT2D eigenvalue weighted by molar-refractivity contribution is 5.84. The van der Waals surface area contributed by atoms with E-state index in [1.165, 1.54) is 0 Å². The topological polar surface area (TPSA) is 94.2 Å². The highest BCUT2D eigenvalue weighted by atomic mass is 16.5. The van der Waals surface area contributed by atoms with Crippen LogP contribution in [0.15, 0.2) is 77.7 Å². The molecule has 0 aliphatic carbocycles. The van der Waals surface area contributed by atoms with Crippen molar-refractivity contribution >= 4 is 5.91 Å². The van der Waals surface area contributed by atoms with Gasteiger partial charge in [0.1, 0.15) is 17.5 Å². The van der Waals surface area contributed by atoms with Crippen LogP contribution in [-0.4, -0.2) is 50.1 Å². The summed E-state index contributed by atoms with van der Waals surface area (Å²) in [5.41, 5.74) is 2.24. The molecule has 1 amide bonds. The molecule has 1 saturated heterocycles. The summed E-state index contributed by atoms with van der Waals surface area (Å²) in [6.45, 7) is 3.02. The molecular formula is C24H21N5O3. The van der Waals surface area contributed by atoms with Crippen molar-refractivity contribution in [2.75, 3.05) is 13.1 Å². The number of rotatable bonds is 6. The number of hydrogen-bond donors (Lipinski definition) is 0. The normalized spacial score (nSPS) is 14.6. The van der Waals surface area contributed by atoms with Crippen molar-refractivity contribution in [3.05, 3.63) is 78.8 Å². The Balaban J connectivity index is 1.25. The lowest BCUT2D eigenvalue weighted by molar-refractivity contribution is -0.141. The van der Waals surface area contributed by atoms with Crippen LogP contribution >= 0.6 is 0 Å². The number of likely N-dealkylation sites (tertiary alicyclic amines) is 1. The van der Waals surface area contributed by atoms with Crippen LogP contribution in [0.25, 0.3) is 23.0 Å². The zero-order chi connectivity index (χ0) is 21.9. The van der Waals surface area contributed by atoms with Gasteiger partial charge in [0.25, 0.3) is 5.89 Å². The fourth-order valence-corrected chi connectivity index (χ4v) is 3.63. The second-order valence-electron chi connectivity index (χ2n) is 7.63. The average Bonchev–Trinajstić information content (AvgIpc) is 3.32. The smallest absolute Gasteiger partial charge is 0.262 e. The maximum absolute atomic E-state index is 12.8. The van der Waals surface area contributed by atoms with Gasteiger partial charge in [-0.15, -0.1) is 0 Å². The molecule has 0 spiro atoms. The highest BCUT2D eigenvalue weighted by Crippen LogP contribution is 2.32. The summed E-state index contributed by atoms with van der Waals surface area (Å²) in [7, 11) is 0. The van der Waals surface area contributed by atoms with Gasteiger partial charge in [-0.2, -0.15) is 4.98 Å². The zero-order valence-electron chi connectivity index (χ0n) is 17.5. The number of para-hydroxylation sites is 1. The molecule has 32 heavy (non-hydrogen) atoms. The Bertz CT molecular complexity index is 1210. The van der Waals surface area contributed by atoms with Crippen molar-refractivity contribution in [1.82, 2.24) is 25.0 Å². The molecule has 2 aromatic carbocycles. The summed E-state index contributed by atoms with van der Waals surface area (Å²) in [6.07, 6.45) is 4.64. The molecule has 0 bridgehead atoms. The number of amides is 1. The Hall–Kier alpha value is -4.07. The Morgan fingerprint density at radius 3 is 2.66 bits per heavy atom. The lowest BCUT2D eigenvalue weighted by atomic mass is 9.98. The number of aromatic nitrogens is 4. The molecule has 0 saturated carbocycles. The maximum atomic E-state index is 12.8. The Labute approximate surface area is 184 Å². The zero-order valence-corrected chi connectivity index (χ0v) is 17.5. The molecule has 8 heteroatoms. The van der Waals surface area contributed by atoms with Gasteiger partial charge < -0.3 is 14.2 Å². The van der Waals surface area contributed by atoms with Gasteiger partial charge >= 0.3 is 0 Å². The number of ether oxygens (including phenoxy) is 1. The molecule has 160 valence electrons. The fourth-order valence-electron chi connectivity index (χ4n) is 3.63. The Morgan fingerprint density at radius 2 is 1.88 bits per heavy atom. The minimum Gasteiger partial charge on any atom is -0.486 e. The van der Waals surface area contributed by atoms with Crippen molar-refractivity contribution in [3.8, 4) is 28.7 Å². The van der Waals surface area contributed by atoms with Gasteiger partial charge in [0.2, 0.25) is 11.7 Å². The molecule has 2 aromatic heterocycles. The number of benzene rings is 2. The van der Waals surface area contributed by atoms with Crippen molar-refractivity contribution < 1.29 is 14.1 Å². The first-order valence-corrected chi connectivity index (χ1v) is 10.4. The number of nitrogens with zero attached hydrogens (tertiary/aromatic N) is 5. The Morgan fingerprint density at radius 1 is 1.09 bits per heavy atom. The van der Waals surface area contributed by atoms with Crippen LogP contribution in [-0.2, 0) is 4.79 Å². The molecule has 8 nitrogen and oxygen atoms in total. The lowest BCUT2D eigenvalue weighted by Gasteiger charge is -2.40. The Kier molecular flexibility index (Phi) is 5.33. The SMILES string of the molecule is CC(C(=O)N1CC(Oc2ccccc2-c2nc(-c3cnccn3)no2)C1)c1ccccc1. The van der Waals surface area contributed by atoms with Gasteiger partial charge in [-0.3, -0.25) is 9.78 Å². The van der Waals surface area contributed by atoms with Gasteiger partial charge in [0, 0.05) is 12.4 Å². The first-order valence-electron chi connectivity index (χ1n) is 10.4. The minimum absolute atomic E-state index is 0.0922. The monoisotopic (exact) mass is 427 g/mol. The van der Waals surface area contributed by atoms with Gasteiger partial charge in [-0.25, -0.2) is 4.98 Å². The summed E-state index contributed by atoms with van der Waals surface area (Å²) < 4.78 is 11.6. The van der Waals surface area contributed by atoms with Crippen LogP contribution in [0.4, 0.5) is 0 Å². The van der Waals surface area contributed by atoms with Gasteiger partial charge in [0.15, 0.2) is 0 Å². The molecule has 0 N–H and O–H groups in total. The predicted octanol–water partition coefficient (Wildman–Crippen LogP) is 3.59. The van der Waals surface area contributed by atoms with E-state index >= 15 is 0 Å². The molecular weight excluding hydrogens is 406 g/mol. The van der Waals surface area contributed by atoms with E-state index in [1.54, 1.807) is 18.6 Å². The molecule has 1 fully saturated rings. The van der Waals surface area contributed by atoms with Gasteiger partial charge in [-0.05, 0) is 24.6 Å². The van der Waals surface area contributed by atoms with Crippen LogP contribution in [0.2, 0.25) is 0 Å². The summed E-state index contributed by atoms with van der Waals surface area (Å²) in [5.74, 6) is 1.26. The van der Waals surface area contributed by atoms with Crippen LogP contribution < -0.4 is 4.74 Å². The molecule has 1 aliphatic heterocycles. The predicted molar refractivity (Wildman–Crippen MR) is 117 cm³/mol. The molecule has 3 heterocycles. The molecule has 4 aromatic rings. The first-order chi connectivity index (χ1) is 15.7. The average molecular weight is 427 g/mol. The number of carbonyl (C=O) groups excluding carboxylic acids is 1. The lowest BCUT2D eigenvalue weighted by Crippen LogP contribution is -2.57. The van der Waals surface area contributed by atoms with E-state index in [-0.39, 0.29) is 17.9 Å². The van der Waals surface area contributed by atoms with E-state index in [0.29, 0.717) is 41.8 Å². The quantitative estimate of drug-likeness (QED) is 0.464. The summed E-state index contributed by atoms with van der Waals surface area (Å²) in [4.78, 5) is 27.3. The number of carbonyl (C=O) groups is 1. The summed E-state index contributed by atoms with van der Waals surface area (Å²) >= 11 is 0. The minimum atomic E-state index is -0.178. The summed E-state index contributed by atoms with van der Waals surface area (Å²) in [6, 6.07) is 17.3. The summed E-state index contributed by atoms with van der Waals surface area (Å²) in [5, 5.41) is 4.00. The molecule has 0 radical (unpaired) electrons. The third-order valence-electron chi connectivity index (χ3n) is 5.46. The van der Waals surface area contributed by atoms with Gasteiger partial charge in [-0.1, -0.05) is 47.6 Å². The molecule has 1 atom stereocenters. The van der Waals surface area contributed by atoms with E-state index in [9.17, 15) is 4.79 Å². The third kappa shape index (κ3) is 3.94. The maximum Gasteiger partial charge on any atom is 0.262 e. The second-order valence-corrected chi connectivity index (χ2v) is 7.63. The van der Waals surface area contributed by atoms with Crippen molar-refractivity contribution in [2.24, 2.45) is 0 Å². The molecule has 1 aliphatic rings. The third-order valence-corrected chi connectivity index (χ3v) is 5.46. The van der Waals surface area contributed by atoms with Crippen molar-refractivity contribution in [1.29, 1.82) is 0 Å². The van der Waals surface area contributed by atoms with Crippen LogP contribution in [0.3, 0.4) is 0 Å². The van der Waals surface area contributed by atoms with Crippen molar-refractivity contribution in [2.45, 2.75) is 18.9 Å². The van der Waals surface area contributed by atoms with Crippen molar-refractivity contribution in [3.63, 3.8) is 0 Å². The largest absolute Gasteiger partial charge is 0.486 e. The molecule has 5 rings (SSSR count). The highest BCUT2D eigenvalue weighted by Gasteiger charge is 2.35. The van der Waals surface area contributed by atoms with E-state index in [1.807, 2.05) is 66.4 Å². The standard InChI is InChI=1S/C24H21N5O3/c1-16(17-7-3-2-4-8-17)24(30)29-14-18(15-29)31-21-10-6-5-9-19(21)23-27-22(28-32-23)20-13-25-11-12-26-20/h2-13,16,18H,14-15H2,1H3. The van der Waals surface area contributed by atoms with E-state index in [2.05, 4.69) is 20.1 Å². The first kappa shape index (κ1) is 19.9. The fraction of sp³-hybridized carbons (Fsp3) is 0.208. The van der Waals surface area contributed by atoms with Crippen LogP contribution in [0.1, 0.15) is 18.4 Å². The van der Waals surface area contributed by atoms with Gasteiger partial charge in [0.05, 0.1) is 30.8 Å². The second kappa shape index (κ2) is 8.58. The molecule has 1 unspecified atom stereocenters. The van der Waals surface area contributed by atoms with E-state index in [0.717, 1.165) is 5.56 Å². The van der Waals surface area contributed by atoms with Crippen LogP contribution in [0.5, 0.6) is 5.75 Å². The number of hydrogen-bond acceptors (Lipinski definition) is 7.